The Morgan fingerprint density at radius 2 is 2.22 bits per heavy atom. The van der Waals surface area contributed by atoms with Gasteiger partial charge < -0.3 is 19.9 Å². The van der Waals surface area contributed by atoms with Gasteiger partial charge in [0.25, 0.3) is 0 Å². The molecule has 0 bridgehead atoms. The van der Waals surface area contributed by atoms with E-state index in [0.717, 1.165) is 5.56 Å². The average Bonchev–Trinajstić information content (AvgIpc) is 2.85. The fraction of sp³-hybridized carbons (Fsp3) is 0.417. The van der Waals surface area contributed by atoms with Gasteiger partial charge in [0.15, 0.2) is 11.5 Å². The molecule has 0 saturated heterocycles. The predicted octanol–water partition coefficient (Wildman–Crippen LogP) is 1.19. The molecule has 1 heterocycles. The molecule has 0 spiro atoms. The maximum atomic E-state index is 11.3. The van der Waals surface area contributed by atoms with Crippen molar-refractivity contribution in [1.29, 1.82) is 0 Å². The van der Waals surface area contributed by atoms with Crippen LogP contribution in [0.4, 0.5) is 0 Å². The molecule has 1 aliphatic rings. The first-order valence-electron chi connectivity index (χ1n) is 5.60. The summed E-state index contributed by atoms with van der Waals surface area (Å²) in [4.78, 5) is 11.3. The summed E-state index contributed by atoms with van der Waals surface area (Å²) in [5.74, 6) is 0.959. The fourth-order valence-electron chi connectivity index (χ4n) is 1.81. The highest BCUT2D eigenvalue weighted by Crippen LogP contribution is 2.34. The van der Waals surface area contributed by atoms with Crippen LogP contribution in [0, 0.1) is 0 Å². The number of rotatable bonds is 5. The Hall–Kier alpha value is -1.46. The lowest BCUT2D eigenvalue weighted by Crippen LogP contribution is -2.30. The average molecular weight is 272 g/mol. The molecule has 1 aliphatic heterocycles. The highest BCUT2D eigenvalue weighted by atomic mass is 35.5. The predicted molar refractivity (Wildman–Crippen MR) is 65.9 cm³/mol. The molecule has 2 N–H and O–H groups in total. The number of halogens is 1. The largest absolute Gasteiger partial charge is 0.454 e. The van der Waals surface area contributed by atoms with Crippen molar-refractivity contribution in [3.63, 3.8) is 0 Å². The Balaban J connectivity index is 2.17. The Bertz CT molecular complexity index is 438. The summed E-state index contributed by atoms with van der Waals surface area (Å²) in [6, 6.07) is 5.14. The van der Waals surface area contributed by atoms with E-state index in [1.807, 2.05) is 6.07 Å². The topological polar surface area (TPSA) is 67.8 Å². The molecule has 6 heteroatoms. The van der Waals surface area contributed by atoms with Crippen molar-refractivity contribution in [3.8, 4) is 11.5 Å². The van der Waals surface area contributed by atoms with Gasteiger partial charge in [-0.2, -0.15) is 0 Å². The van der Waals surface area contributed by atoms with Crippen LogP contribution in [0.3, 0.4) is 0 Å². The number of carbonyl (C=O) groups excluding carboxylic acids is 1. The summed E-state index contributed by atoms with van der Waals surface area (Å²) in [5, 5.41) is 11.8. The second kappa shape index (κ2) is 5.93. The number of alkyl halides is 1. The molecule has 1 aromatic rings. The molecular formula is C12H14ClNO4. The molecular weight excluding hydrogens is 258 g/mol. The molecule has 1 aromatic carbocycles. The van der Waals surface area contributed by atoms with Crippen molar-refractivity contribution in [3.05, 3.63) is 23.8 Å². The van der Waals surface area contributed by atoms with Crippen molar-refractivity contribution >= 4 is 17.5 Å². The first-order chi connectivity index (χ1) is 8.74. The second-order valence-corrected chi connectivity index (χ2v) is 4.15. The SMILES string of the molecule is O=C(CCl)NC(CCO)c1ccc2c(c1)OCO2. The smallest absolute Gasteiger partial charge is 0.235 e. The van der Waals surface area contributed by atoms with E-state index < -0.39 is 0 Å². The quantitative estimate of drug-likeness (QED) is 0.790. The Morgan fingerprint density at radius 3 is 2.94 bits per heavy atom. The maximum Gasteiger partial charge on any atom is 0.235 e. The van der Waals surface area contributed by atoms with Gasteiger partial charge in [-0.25, -0.2) is 0 Å². The van der Waals surface area contributed by atoms with E-state index in [9.17, 15) is 4.79 Å². The molecule has 5 nitrogen and oxygen atoms in total. The van der Waals surface area contributed by atoms with Gasteiger partial charge in [-0.15, -0.1) is 11.6 Å². The van der Waals surface area contributed by atoms with Gasteiger partial charge in [0.2, 0.25) is 12.7 Å². The number of nitrogens with one attached hydrogen (secondary N) is 1. The van der Waals surface area contributed by atoms with E-state index in [4.69, 9.17) is 26.2 Å². The van der Waals surface area contributed by atoms with Gasteiger partial charge in [0, 0.05) is 6.61 Å². The van der Waals surface area contributed by atoms with E-state index in [1.54, 1.807) is 12.1 Å². The molecule has 0 fully saturated rings. The highest BCUT2D eigenvalue weighted by Gasteiger charge is 2.18. The number of aliphatic hydroxyl groups excluding tert-OH is 1. The van der Waals surface area contributed by atoms with Crippen molar-refractivity contribution in [2.45, 2.75) is 12.5 Å². The Morgan fingerprint density at radius 1 is 1.44 bits per heavy atom. The summed E-state index contributed by atoms with van der Waals surface area (Å²) in [6.45, 7) is 0.180. The van der Waals surface area contributed by atoms with E-state index in [0.29, 0.717) is 17.9 Å². The molecule has 1 atom stereocenters. The summed E-state index contributed by atoms with van der Waals surface area (Å²) in [6.07, 6.45) is 0.419. The monoisotopic (exact) mass is 271 g/mol. The van der Waals surface area contributed by atoms with Crippen LogP contribution >= 0.6 is 11.6 Å². The van der Waals surface area contributed by atoms with Crippen LogP contribution in [0.5, 0.6) is 11.5 Å². The summed E-state index contributed by atoms with van der Waals surface area (Å²) in [5.41, 5.74) is 0.853. The Labute approximate surface area is 110 Å². The number of hydrogen-bond donors (Lipinski definition) is 2. The molecule has 18 heavy (non-hydrogen) atoms. The van der Waals surface area contributed by atoms with Gasteiger partial charge in [-0.05, 0) is 24.1 Å². The van der Waals surface area contributed by atoms with Gasteiger partial charge in [0.05, 0.1) is 6.04 Å². The van der Waals surface area contributed by atoms with Crippen LogP contribution in [0.2, 0.25) is 0 Å². The van der Waals surface area contributed by atoms with Crippen LogP contribution in [0.25, 0.3) is 0 Å². The minimum absolute atomic E-state index is 0.0261. The van der Waals surface area contributed by atoms with Crippen LogP contribution in [0.15, 0.2) is 18.2 Å². The van der Waals surface area contributed by atoms with Gasteiger partial charge in [0.1, 0.15) is 5.88 Å². The molecule has 2 rings (SSSR count). The van der Waals surface area contributed by atoms with E-state index in [2.05, 4.69) is 5.32 Å². The molecule has 0 radical (unpaired) electrons. The van der Waals surface area contributed by atoms with Gasteiger partial charge in [-0.1, -0.05) is 6.07 Å². The third-order valence-electron chi connectivity index (χ3n) is 2.67. The normalized spacial score (nSPS) is 14.3. The zero-order valence-corrected chi connectivity index (χ0v) is 10.4. The maximum absolute atomic E-state index is 11.3. The molecule has 0 saturated carbocycles. The third-order valence-corrected chi connectivity index (χ3v) is 2.92. The van der Waals surface area contributed by atoms with E-state index >= 15 is 0 Å². The lowest BCUT2D eigenvalue weighted by molar-refractivity contribution is -0.119. The number of ether oxygens (including phenoxy) is 2. The number of fused-ring (bicyclic) bond motifs is 1. The first kappa shape index (κ1) is 13.0. The molecule has 98 valence electrons. The standard InChI is InChI=1S/C12H14ClNO4/c13-6-12(16)14-9(3-4-15)8-1-2-10-11(5-8)18-7-17-10/h1-2,5,9,15H,3-4,6-7H2,(H,14,16). The Kier molecular flexibility index (Phi) is 4.28. The third kappa shape index (κ3) is 2.86. The van der Waals surface area contributed by atoms with Gasteiger partial charge in [-0.3, -0.25) is 4.79 Å². The number of amides is 1. The minimum Gasteiger partial charge on any atom is -0.454 e. The van der Waals surface area contributed by atoms with Crippen LogP contribution in [0.1, 0.15) is 18.0 Å². The van der Waals surface area contributed by atoms with Crippen LogP contribution in [-0.4, -0.2) is 30.3 Å². The zero-order valence-electron chi connectivity index (χ0n) is 9.69. The van der Waals surface area contributed by atoms with Crippen LogP contribution < -0.4 is 14.8 Å². The summed E-state index contributed by atoms with van der Waals surface area (Å²) in [7, 11) is 0. The van der Waals surface area contributed by atoms with Gasteiger partial charge >= 0.3 is 0 Å². The fourth-order valence-corrected chi connectivity index (χ4v) is 1.89. The number of hydrogen-bond acceptors (Lipinski definition) is 4. The molecule has 0 aliphatic carbocycles. The number of carbonyl (C=O) groups is 1. The van der Waals surface area contributed by atoms with Crippen molar-refractivity contribution in [2.75, 3.05) is 19.3 Å². The number of aliphatic hydroxyl groups is 1. The molecule has 1 unspecified atom stereocenters. The zero-order chi connectivity index (χ0) is 13.0. The molecule has 0 aromatic heterocycles. The summed E-state index contributed by atoms with van der Waals surface area (Å²) < 4.78 is 10.5. The minimum atomic E-state index is -0.282. The first-order valence-corrected chi connectivity index (χ1v) is 6.13. The van der Waals surface area contributed by atoms with Crippen molar-refractivity contribution in [1.82, 2.24) is 5.32 Å². The lowest BCUT2D eigenvalue weighted by Gasteiger charge is -2.18. The van der Waals surface area contributed by atoms with E-state index in [1.165, 1.54) is 0 Å². The van der Waals surface area contributed by atoms with Crippen LogP contribution in [-0.2, 0) is 4.79 Å². The highest BCUT2D eigenvalue weighted by molar-refractivity contribution is 6.27. The number of benzene rings is 1. The van der Waals surface area contributed by atoms with Crippen molar-refractivity contribution in [2.24, 2.45) is 0 Å². The molecule has 1 amide bonds. The van der Waals surface area contributed by atoms with E-state index in [-0.39, 0.29) is 31.2 Å². The summed E-state index contributed by atoms with van der Waals surface area (Å²) >= 11 is 5.46. The lowest BCUT2D eigenvalue weighted by atomic mass is 10.0. The second-order valence-electron chi connectivity index (χ2n) is 3.88. The van der Waals surface area contributed by atoms with Crippen molar-refractivity contribution < 1.29 is 19.4 Å².